The highest BCUT2D eigenvalue weighted by atomic mass is 35.5. The average molecular weight is 699 g/mol. The number of sulfonamides is 1. The van der Waals surface area contributed by atoms with Gasteiger partial charge in [0.15, 0.2) is 0 Å². The van der Waals surface area contributed by atoms with E-state index in [-0.39, 0.29) is 29.8 Å². The predicted octanol–water partition coefficient (Wildman–Crippen LogP) is 7.38. The molecule has 1 atom stereocenters. The third kappa shape index (κ3) is 8.85. The van der Waals surface area contributed by atoms with Crippen LogP contribution in [0.15, 0.2) is 107 Å². The standard InChI is InChI=1S/C35H37Cl2N3O4S2/c1-24(2)38-35(42)33(21-26-9-6-5-7-10-26)39(22-30-31(36)11-8-12-32(30)37)34(41)23-40(27-15-13-25(3)14-16-27)46(43,44)29-19-17-28(45-4)18-20-29/h5-20,24,33H,21-23H2,1-4H3,(H,38,42)/t33-/m1/s1. The molecule has 0 unspecified atom stereocenters. The van der Waals surface area contributed by atoms with Gasteiger partial charge in [-0.2, -0.15) is 0 Å². The lowest BCUT2D eigenvalue weighted by molar-refractivity contribution is -0.140. The number of benzene rings is 4. The molecule has 242 valence electrons. The molecule has 0 fully saturated rings. The first-order chi connectivity index (χ1) is 21.9. The van der Waals surface area contributed by atoms with Crippen LogP contribution in [0.3, 0.4) is 0 Å². The molecule has 11 heteroatoms. The normalized spacial score (nSPS) is 12.1. The van der Waals surface area contributed by atoms with E-state index >= 15 is 0 Å². The summed E-state index contributed by atoms with van der Waals surface area (Å²) in [6, 6.07) is 26.6. The quantitative estimate of drug-likeness (QED) is 0.147. The number of halogens is 2. The Morgan fingerprint density at radius 3 is 2.02 bits per heavy atom. The van der Waals surface area contributed by atoms with E-state index in [9.17, 15) is 18.0 Å². The molecule has 0 heterocycles. The Bertz CT molecular complexity index is 1730. The second-order valence-corrected chi connectivity index (χ2v) is 14.7. The third-order valence-corrected chi connectivity index (χ3v) is 10.6. The summed E-state index contributed by atoms with van der Waals surface area (Å²) in [5, 5.41) is 3.59. The van der Waals surface area contributed by atoms with Crippen LogP contribution < -0.4 is 9.62 Å². The van der Waals surface area contributed by atoms with Crippen LogP contribution in [0, 0.1) is 6.92 Å². The van der Waals surface area contributed by atoms with Crippen LogP contribution in [0.2, 0.25) is 10.0 Å². The van der Waals surface area contributed by atoms with Gasteiger partial charge in [-0.3, -0.25) is 13.9 Å². The molecule has 0 saturated heterocycles. The number of hydrogen-bond acceptors (Lipinski definition) is 5. The van der Waals surface area contributed by atoms with Gasteiger partial charge in [0.1, 0.15) is 12.6 Å². The van der Waals surface area contributed by atoms with Crippen molar-refractivity contribution in [2.24, 2.45) is 0 Å². The van der Waals surface area contributed by atoms with Gasteiger partial charge in [0.2, 0.25) is 11.8 Å². The molecule has 7 nitrogen and oxygen atoms in total. The van der Waals surface area contributed by atoms with Crippen molar-refractivity contribution in [3.63, 3.8) is 0 Å². The number of rotatable bonds is 13. The number of nitrogens with zero attached hydrogens (tertiary/aromatic N) is 2. The topological polar surface area (TPSA) is 86.8 Å². The van der Waals surface area contributed by atoms with E-state index in [1.54, 1.807) is 54.6 Å². The summed E-state index contributed by atoms with van der Waals surface area (Å²) in [5.74, 6) is -0.978. The number of thioether (sulfide) groups is 1. The minimum absolute atomic E-state index is 0.0396. The van der Waals surface area contributed by atoms with Crippen LogP contribution in [0.1, 0.15) is 30.5 Å². The van der Waals surface area contributed by atoms with Gasteiger partial charge in [0.05, 0.1) is 10.6 Å². The molecule has 0 radical (unpaired) electrons. The number of hydrogen-bond donors (Lipinski definition) is 1. The van der Waals surface area contributed by atoms with Gasteiger partial charge in [0.25, 0.3) is 10.0 Å². The molecule has 0 aromatic heterocycles. The fraction of sp³-hybridized carbons (Fsp3) is 0.257. The van der Waals surface area contributed by atoms with Gasteiger partial charge >= 0.3 is 0 Å². The minimum atomic E-state index is -4.21. The Morgan fingerprint density at radius 2 is 1.46 bits per heavy atom. The van der Waals surface area contributed by atoms with Gasteiger partial charge in [0, 0.05) is 39.5 Å². The maximum atomic E-state index is 14.6. The molecular weight excluding hydrogens is 661 g/mol. The summed E-state index contributed by atoms with van der Waals surface area (Å²) in [5.41, 5.74) is 2.52. The molecule has 4 aromatic rings. The number of carbonyl (C=O) groups is 2. The fourth-order valence-electron chi connectivity index (χ4n) is 4.90. The largest absolute Gasteiger partial charge is 0.352 e. The highest BCUT2D eigenvalue weighted by Crippen LogP contribution is 2.29. The van der Waals surface area contributed by atoms with E-state index in [1.165, 1.54) is 28.8 Å². The molecule has 4 aromatic carbocycles. The van der Waals surface area contributed by atoms with Gasteiger partial charge in [-0.05, 0) is 81.1 Å². The molecule has 1 N–H and O–H groups in total. The van der Waals surface area contributed by atoms with Crippen molar-refractivity contribution in [2.45, 2.75) is 55.6 Å². The summed E-state index contributed by atoms with van der Waals surface area (Å²) < 4.78 is 29.5. The van der Waals surface area contributed by atoms with Gasteiger partial charge < -0.3 is 10.2 Å². The first-order valence-corrected chi connectivity index (χ1v) is 18.1. The average Bonchev–Trinajstić information content (AvgIpc) is 3.03. The molecule has 0 bridgehead atoms. The second kappa shape index (κ2) is 15.9. The van der Waals surface area contributed by atoms with Crippen molar-refractivity contribution < 1.29 is 18.0 Å². The second-order valence-electron chi connectivity index (χ2n) is 11.1. The van der Waals surface area contributed by atoms with E-state index in [0.29, 0.717) is 21.3 Å². The highest BCUT2D eigenvalue weighted by molar-refractivity contribution is 7.98. The van der Waals surface area contributed by atoms with Gasteiger partial charge in [-0.25, -0.2) is 8.42 Å². The van der Waals surface area contributed by atoms with Crippen molar-refractivity contribution in [1.82, 2.24) is 10.2 Å². The van der Waals surface area contributed by atoms with Crippen molar-refractivity contribution >= 4 is 62.5 Å². The van der Waals surface area contributed by atoms with E-state index in [1.807, 2.05) is 57.4 Å². The molecule has 0 aliphatic rings. The molecule has 0 spiro atoms. The van der Waals surface area contributed by atoms with Crippen LogP contribution in [0.4, 0.5) is 5.69 Å². The molecule has 0 saturated carbocycles. The van der Waals surface area contributed by atoms with E-state index < -0.39 is 28.5 Å². The summed E-state index contributed by atoms with van der Waals surface area (Å²) in [4.78, 5) is 30.7. The summed E-state index contributed by atoms with van der Waals surface area (Å²) in [6.45, 7) is 4.87. The van der Waals surface area contributed by atoms with Crippen molar-refractivity contribution in [3.8, 4) is 0 Å². The first kappa shape index (κ1) is 35.4. The molecule has 2 amide bonds. The Balaban J connectivity index is 1.83. The number of amides is 2. The SMILES string of the molecule is CSc1ccc(S(=O)(=O)N(CC(=O)N(Cc2c(Cl)cccc2Cl)[C@H](Cc2ccccc2)C(=O)NC(C)C)c2ccc(C)cc2)cc1. The van der Waals surface area contributed by atoms with E-state index in [0.717, 1.165) is 20.3 Å². The van der Waals surface area contributed by atoms with Crippen LogP contribution in [-0.2, 0) is 32.6 Å². The maximum absolute atomic E-state index is 14.6. The van der Waals surface area contributed by atoms with Crippen LogP contribution in [-0.4, -0.2) is 50.0 Å². The Kier molecular flexibility index (Phi) is 12.2. The maximum Gasteiger partial charge on any atom is 0.264 e. The molecular formula is C35H37Cl2N3O4S2. The molecule has 0 aliphatic carbocycles. The smallest absolute Gasteiger partial charge is 0.264 e. The highest BCUT2D eigenvalue weighted by Gasteiger charge is 2.35. The summed E-state index contributed by atoms with van der Waals surface area (Å²) in [6.07, 6.45) is 2.09. The number of carbonyl (C=O) groups excluding carboxylic acids is 2. The van der Waals surface area contributed by atoms with Gasteiger partial charge in [-0.15, -0.1) is 11.8 Å². The lowest BCUT2D eigenvalue weighted by Crippen LogP contribution is -2.54. The third-order valence-electron chi connectivity index (χ3n) is 7.34. The fourth-order valence-corrected chi connectivity index (χ4v) is 7.24. The Hall–Kier alpha value is -3.50. The van der Waals surface area contributed by atoms with Crippen LogP contribution >= 0.6 is 35.0 Å². The predicted molar refractivity (Wildman–Crippen MR) is 188 cm³/mol. The summed E-state index contributed by atoms with van der Waals surface area (Å²) >= 11 is 14.6. The first-order valence-electron chi connectivity index (χ1n) is 14.7. The number of aryl methyl sites for hydroxylation is 1. The zero-order valence-electron chi connectivity index (χ0n) is 26.1. The minimum Gasteiger partial charge on any atom is -0.352 e. The Morgan fingerprint density at radius 1 is 0.848 bits per heavy atom. The zero-order chi connectivity index (χ0) is 33.4. The van der Waals surface area contributed by atoms with E-state index in [4.69, 9.17) is 23.2 Å². The van der Waals surface area contributed by atoms with Crippen molar-refractivity contribution in [2.75, 3.05) is 17.1 Å². The molecule has 0 aliphatic heterocycles. The van der Waals surface area contributed by atoms with Crippen LogP contribution in [0.5, 0.6) is 0 Å². The monoisotopic (exact) mass is 697 g/mol. The van der Waals surface area contributed by atoms with E-state index in [2.05, 4.69) is 5.32 Å². The lowest BCUT2D eigenvalue weighted by Gasteiger charge is -2.34. The zero-order valence-corrected chi connectivity index (χ0v) is 29.3. The van der Waals surface area contributed by atoms with Crippen molar-refractivity contribution in [1.29, 1.82) is 0 Å². The number of nitrogens with one attached hydrogen (secondary N) is 1. The van der Waals surface area contributed by atoms with Crippen molar-refractivity contribution in [3.05, 3.63) is 124 Å². The molecule has 46 heavy (non-hydrogen) atoms. The molecule has 4 rings (SSSR count). The lowest BCUT2D eigenvalue weighted by atomic mass is 10.0. The summed E-state index contributed by atoms with van der Waals surface area (Å²) in [7, 11) is -4.21. The number of anilines is 1. The van der Waals surface area contributed by atoms with Crippen LogP contribution in [0.25, 0.3) is 0 Å². The van der Waals surface area contributed by atoms with Gasteiger partial charge in [-0.1, -0.05) is 77.3 Å². The Labute approximate surface area is 286 Å².